The molecule has 0 atom stereocenters. The molecule has 2 rings (SSSR count). The van der Waals surface area contributed by atoms with Crippen LogP contribution in [0.15, 0.2) is 41.0 Å². The van der Waals surface area contributed by atoms with Gasteiger partial charge in [0.2, 0.25) is 0 Å². The largest absolute Gasteiger partial charge is 0.432 e. The van der Waals surface area contributed by atoms with Crippen molar-refractivity contribution in [2.75, 3.05) is 19.0 Å². The third-order valence-corrected chi connectivity index (χ3v) is 2.66. The number of aryl methyl sites for hydroxylation is 2. The highest BCUT2D eigenvalue weighted by molar-refractivity contribution is 5.23. The van der Waals surface area contributed by atoms with Crippen molar-refractivity contribution in [3.63, 3.8) is 0 Å². The maximum atomic E-state index is 5.34. The average Bonchev–Trinajstić information content (AvgIpc) is 2.79. The van der Waals surface area contributed by atoms with Gasteiger partial charge in [0, 0.05) is 14.1 Å². The van der Waals surface area contributed by atoms with Gasteiger partial charge in [0.15, 0.2) is 0 Å². The summed E-state index contributed by atoms with van der Waals surface area (Å²) < 4.78 is 5.34. The van der Waals surface area contributed by atoms with Gasteiger partial charge in [-0.25, -0.2) is 0 Å². The van der Waals surface area contributed by atoms with Crippen molar-refractivity contribution >= 4 is 6.01 Å². The topological polar surface area (TPSA) is 29.3 Å². The van der Waals surface area contributed by atoms with Crippen molar-refractivity contribution in [3.8, 4) is 0 Å². The van der Waals surface area contributed by atoms with Crippen LogP contribution >= 0.6 is 0 Å². The summed E-state index contributed by atoms with van der Waals surface area (Å²) in [7, 11) is 3.86. The molecule has 0 unspecified atom stereocenters. The summed E-state index contributed by atoms with van der Waals surface area (Å²) in [4.78, 5) is 6.28. The summed E-state index contributed by atoms with van der Waals surface area (Å²) in [5.41, 5.74) is 2.41. The van der Waals surface area contributed by atoms with E-state index in [1.54, 1.807) is 6.26 Å². The molecule has 0 bridgehead atoms. The molecule has 0 amide bonds. The fourth-order valence-corrected chi connectivity index (χ4v) is 1.73. The fraction of sp³-hybridized carbons (Fsp3) is 0.357. The molecule has 0 saturated carbocycles. The second kappa shape index (κ2) is 5.53. The molecule has 1 aromatic carbocycles. The molecule has 0 fully saturated rings. The Kier molecular flexibility index (Phi) is 3.81. The first-order valence-corrected chi connectivity index (χ1v) is 5.91. The summed E-state index contributed by atoms with van der Waals surface area (Å²) in [6, 6.07) is 11.2. The molecule has 17 heavy (non-hydrogen) atoms. The normalized spacial score (nSPS) is 10.5. The Morgan fingerprint density at radius 2 is 1.88 bits per heavy atom. The molecule has 3 nitrogen and oxygen atoms in total. The highest BCUT2D eigenvalue weighted by Crippen LogP contribution is 2.13. The van der Waals surface area contributed by atoms with Crippen LogP contribution in [0, 0.1) is 0 Å². The van der Waals surface area contributed by atoms with Gasteiger partial charge in [-0.15, -0.1) is 0 Å². The molecule has 0 aliphatic carbocycles. The molecule has 1 heterocycles. The Morgan fingerprint density at radius 3 is 2.53 bits per heavy atom. The predicted molar refractivity (Wildman–Crippen MR) is 69.3 cm³/mol. The molecule has 3 heteroatoms. The Balaban J connectivity index is 1.82. The number of anilines is 1. The third kappa shape index (κ3) is 3.34. The highest BCUT2D eigenvalue weighted by atomic mass is 16.4. The number of nitrogens with zero attached hydrogens (tertiary/aromatic N) is 2. The van der Waals surface area contributed by atoms with Crippen molar-refractivity contribution in [1.82, 2.24) is 4.98 Å². The lowest BCUT2D eigenvalue weighted by Crippen LogP contribution is -2.08. The maximum Gasteiger partial charge on any atom is 0.296 e. The number of oxazole rings is 1. The minimum Gasteiger partial charge on any atom is -0.432 e. The number of hydrogen-bond donors (Lipinski definition) is 0. The smallest absolute Gasteiger partial charge is 0.296 e. The number of rotatable bonds is 5. The van der Waals surface area contributed by atoms with Crippen LogP contribution in [0.5, 0.6) is 0 Å². The van der Waals surface area contributed by atoms with E-state index >= 15 is 0 Å². The summed E-state index contributed by atoms with van der Waals surface area (Å²) in [6.07, 6.45) is 4.90. The van der Waals surface area contributed by atoms with E-state index in [0.717, 1.165) is 25.0 Å². The average molecular weight is 230 g/mol. The molecule has 0 N–H and O–H groups in total. The first-order chi connectivity index (χ1) is 8.25. The van der Waals surface area contributed by atoms with E-state index in [1.165, 1.54) is 5.56 Å². The van der Waals surface area contributed by atoms with Crippen LogP contribution in [0.4, 0.5) is 6.01 Å². The first kappa shape index (κ1) is 11.7. The van der Waals surface area contributed by atoms with Crippen molar-refractivity contribution < 1.29 is 4.42 Å². The van der Waals surface area contributed by atoms with Crippen molar-refractivity contribution in [2.45, 2.75) is 19.3 Å². The second-order valence-corrected chi connectivity index (χ2v) is 4.35. The van der Waals surface area contributed by atoms with E-state index in [9.17, 15) is 0 Å². The van der Waals surface area contributed by atoms with Gasteiger partial charge in [0.1, 0.15) is 6.26 Å². The minimum absolute atomic E-state index is 0.680. The molecule has 90 valence electrons. The second-order valence-electron chi connectivity index (χ2n) is 4.35. The Labute approximate surface area is 102 Å². The summed E-state index contributed by atoms with van der Waals surface area (Å²) >= 11 is 0. The number of benzene rings is 1. The van der Waals surface area contributed by atoms with Crippen LogP contribution in [0.25, 0.3) is 0 Å². The zero-order valence-electron chi connectivity index (χ0n) is 10.4. The highest BCUT2D eigenvalue weighted by Gasteiger charge is 2.04. The number of aromatic nitrogens is 1. The molecule has 1 aromatic heterocycles. The first-order valence-electron chi connectivity index (χ1n) is 5.91. The van der Waals surface area contributed by atoms with Crippen LogP contribution in [0.2, 0.25) is 0 Å². The summed E-state index contributed by atoms with van der Waals surface area (Å²) in [5, 5.41) is 0. The third-order valence-electron chi connectivity index (χ3n) is 2.66. The maximum absolute atomic E-state index is 5.34. The molecule has 2 aromatic rings. The van der Waals surface area contributed by atoms with Crippen LogP contribution in [-0.4, -0.2) is 19.1 Å². The van der Waals surface area contributed by atoms with Gasteiger partial charge in [0.25, 0.3) is 6.01 Å². The van der Waals surface area contributed by atoms with Gasteiger partial charge in [-0.1, -0.05) is 30.3 Å². The SMILES string of the molecule is CN(C)c1nc(CCCc2ccccc2)co1. The van der Waals surface area contributed by atoms with Crippen molar-refractivity contribution in [1.29, 1.82) is 0 Å². The van der Waals surface area contributed by atoms with Gasteiger partial charge >= 0.3 is 0 Å². The summed E-state index contributed by atoms with van der Waals surface area (Å²) in [6.45, 7) is 0. The van der Waals surface area contributed by atoms with Gasteiger partial charge in [-0.2, -0.15) is 4.98 Å². The summed E-state index contributed by atoms with van der Waals surface area (Å²) in [5.74, 6) is 0. The van der Waals surface area contributed by atoms with Crippen LogP contribution in [0.3, 0.4) is 0 Å². The fourth-order valence-electron chi connectivity index (χ4n) is 1.73. The lowest BCUT2D eigenvalue weighted by atomic mass is 10.1. The Hall–Kier alpha value is -1.77. The van der Waals surface area contributed by atoms with Crippen LogP contribution in [-0.2, 0) is 12.8 Å². The lowest BCUT2D eigenvalue weighted by molar-refractivity contribution is 0.554. The molecule has 0 saturated heterocycles. The number of hydrogen-bond acceptors (Lipinski definition) is 3. The van der Waals surface area contributed by atoms with Gasteiger partial charge in [-0.05, 0) is 24.8 Å². The quantitative estimate of drug-likeness (QED) is 0.791. The molecule has 0 radical (unpaired) electrons. The van der Waals surface area contributed by atoms with Crippen molar-refractivity contribution in [3.05, 3.63) is 47.9 Å². The Bertz CT molecular complexity index is 448. The molecule has 0 spiro atoms. The molecular weight excluding hydrogens is 212 g/mol. The van der Waals surface area contributed by atoms with E-state index in [-0.39, 0.29) is 0 Å². The van der Waals surface area contributed by atoms with E-state index in [1.807, 2.05) is 25.1 Å². The monoisotopic (exact) mass is 230 g/mol. The predicted octanol–water partition coefficient (Wildman–Crippen LogP) is 2.92. The Morgan fingerprint density at radius 1 is 1.12 bits per heavy atom. The van der Waals surface area contributed by atoms with Gasteiger partial charge in [-0.3, -0.25) is 0 Å². The standard InChI is InChI=1S/C14H18N2O/c1-16(2)14-15-13(11-17-14)10-6-9-12-7-4-3-5-8-12/h3-5,7-8,11H,6,9-10H2,1-2H3. The van der Waals surface area contributed by atoms with Gasteiger partial charge < -0.3 is 9.32 Å². The molecule has 0 aliphatic heterocycles. The molecular formula is C14H18N2O. The van der Waals surface area contributed by atoms with E-state index in [2.05, 4.69) is 29.2 Å². The van der Waals surface area contributed by atoms with Crippen molar-refractivity contribution in [2.24, 2.45) is 0 Å². The van der Waals surface area contributed by atoms with Crippen LogP contribution in [0.1, 0.15) is 17.7 Å². The van der Waals surface area contributed by atoms with E-state index < -0.39 is 0 Å². The van der Waals surface area contributed by atoms with Gasteiger partial charge in [0.05, 0.1) is 5.69 Å². The molecule has 0 aliphatic rings. The van der Waals surface area contributed by atoms with E-state index in [0.29, 0.717) is 6.01 Å². The van der Waals surface area contributed by atoms with Crippen LogP contribution < -0.4 is 4.90 Å². The zero-order valence-corrected chi connectivity index (χ0v) is 10.4. The zero-order chi connectivity index (χ0) is 12.1. The van der Waals surface area contributed by atoms with E-state index in [4.69, 9.17) is 4.42 Å². The lowest BCUT2D eigenvalue weighted by Gasteiger charge is -2.03. The minimum atomic E-state index is 0.680.